The Kier molecular flexibility index (Phi) is 10.1. The zero-order chi connectivity index (χ0) is 21.3. The Balaban J connectivity index is 0.00000240. The molecule has 2 nitrogen and oxygen atoms in total. The second-order valence-corrected chi connectivity index (χ2v) is 9.33. The molecule has 0 aliphatic carbocycles. The van der Waals surface area contributed by atoms with Crippen LogP contribution < -0.4 is 9.80 Å². The fourth-order valence-electron chi connectivity index (χ4n) is 4.14. The van der Waals surface area contributed by atoms with Crippen LogP contribution in [0.1, 0.15) is 101 Å². The van der Waals surface area contributed by atoms with Gasteiger partial charge in [0.25, 0.3) is 0 Å². The Morgan fingerprint density at radius 1 is 0.548 bits per heavy atom. The minimum Gasteiger partial charge on any atom is -0.358 e. The van der Waals surface area contributed by atoms with E-state index in [0.29, 0.717) is 23.7 Å². The molecule has 0 bridgehead atoms. The van der Waals surface area contributed by atoms with Gasteiger partial charge >= 0.3 is 22.4 Å². The fourth-order valence-corrected chi connectivity index (χ4v) is 4.14. The molecule has 2 aromatic carbocycles. The maximum atomic E-state index is 3.66. The summed E-state index contributed by atoms with van der Waals surface area (Å²) in [6.45, 7) is 21.8. The SMILES string of the molecule is CC(C)c1cccc(C(C)C)c1N1[C]N(c2c(C(C)C)cccc2C(C)C)C=C1.[Au+].[CH3-]. The van der Waals surface area contributed by atoms with Crippen molar-refractivity contribution in [1.82, 2.24) is 0 Å². The summed E-state index contributed by atoms with van der Waals surface area (Å²) in [6, 6.07) is 13.4. The molecule has 2 aromatic rings. The van der Waals surface area contributed by atoms with Gasteiger partial charge in [-0.15, -0.1) is 0 Å². The van der Waals surface area contributed by atoms with Crippen molar-refractivity contribution < 1.29 is 22.4 Å². The van der Waals surface area contributed by atoms with Crippen LogP contribution >= 0.6 is 0 Å². The molecule has 0 aromatic heterocycles. The van der Waals surface area contributed by atoms with Crippen LogP contribution in [0.5, 0.6) is 0 Å². The van der Waals surface area contributed by atoms with Gasteiger partial charge in [0, 0.05) is 12.4 Å². The quantitative estimate of drug-likeness (QED) is 0.243. The van der Waals surface area contributed by atoms with Crippen molar-refractivity contribution in [3.63, 3.8) is 0 Å². The summed E-state index contributed by atoms with van der Waals surface area (Å²) < 4.78 is 0. The smallest absolute Gasteiger partial charge is 0.358 e. The first-order valence-corrected chi connectivity index (χ1v) is 11.0. The molecule has 0 spiro atoms. The predicted molar refractivity (Wildman–Crippen MR) is 133 cm³/mol. The molecule has 172 valence electrons. The van der Waals surface area contributed by atoms with Crippen LogP contribution in [0, 0.1) is 14.1 Å². The fraction of sp³-hybridized carbons (Fsp3) is 0.429. The van der Waals surface area contributed by atoms with E-state index in [1.165, 1.54) is 33.6 Å². The van der Waals surface area contributed by atoms with Gasteiger partial charge in [0.2, 0.25) is 6.67 Å². The van der Waals surface area contributed by atoms with Crippen molar-refractivity contribution in [3.8, 4) is 0 Å². The number of hydrogen-bond donors (Lipinski definition) is 0. The van der Waals surface area contributed by atoms with Crippen LogP contribution in [-0.2, 0) is 22.4 Å². The molecule has 3 heteroatoms. The average molecular weight is 601 g/mol. The second kappa shape index (κ2) is 11.4. The molecule has 0 saturated heterocycles. The van der Waals surface area contributed by atoms with Crippen molar-refractivity contribution in [2.75, 3.05) is 9.80 Å². The summed E-state index contributed by atoms with van der Waals surface area (Å²) in [6.07, 6.45) is 4.32. The molecule has 1 aliphatic heterocycles. The van der Waals surface area contributed by atoms with Crippen LogP contribution in [0.25, 0.3) is 0 Å². The van der Waals surface area contributed by atoms with E-state index in [2.05, 4.69) is 121 Å². The van der Waals surface area contributed by atoms with E-state index < -0.39 is 0 Å². The summed E-state index contributed by atoms with van der Waals surface area (Å²) in [4.78, 5) is 4.40. The Morgan fingerprint density at radius 2 is 0.806 bits per heavy atom. The largest absolute Gasteiger partial charge is 1.00 e. The van der Waals surface area contributed by atoms with Gasteiger partial charge in [-0.2, -0.15) is 0 Å². The Bertz CT molecular complexity index is 757. The maximum Gasteiger partial charge on any atom is 1.00 e. The Labute approximate surface area is 207 Å². The summed E-state index contributed by atoms with van der Waals surface area (Å²) in [7, 11) is 0. The topological polar surface area (TPSA) is 6.48 Å². The van der Waals surface area contributed by atoms with Gasteiger partial charge in [-0.05, 0) is 45.9 Å². The van der Waals surface area contributed by atoms with E-state index in [-0.39, 0.29) is 29.8 Å². The normalized spacial score (nSPS) is 13.4. The number of benzene rings is 2. The first-order valence-electron chi connectivity index (χ1n) is 11.0. The summed E-state index contributed by atoms with van der Waals surface area (Å²) in [5.41, 5.74) is 8.05. The monoisotopic (exact) mass is 600 g/mol. The van der Waals surface area contributed by atoms with E-state index >= 15 is 0 Å². The number of hydrogen-bond acceptors (Lipinski definition) is 2. The number of para-hydroxylation sites is 2. The van der Waals surface area contributed by atoms with E-state index in [1.54, 1.807) is 0 Å². The third-order valence-electron chi connectivity index (χ3n) is 5.75. The molecule has 1 heterocycles. The molecule has 0 fully saturated rings. The van der Waals surface area contributed by atoms with Gasteiger partial charge in [-0.25, -0.2) is 0 Å². The number of anilines is 2. The zero-order valence-electron chi connectivity index (χ0n) is 20.6. The third-order valence-corrected chi connectivity index (χ3v) is 5.75. The minimum absolute atomic E-state index is 0. The Hall–Kier alpha value is -1.48. The minimum atomic E-state index is 0. The van der Waals surface area contributed by atoms with Gasteiger partial charge in [0.1, 0.15) is 0 Å². The molecule has 0 unspecified atom stereocenters. The van der Waals surface area contributed by atoms with Crippen molar-refractivity contribution in [1.29, 1.82) is 0 Å². The predicted octanol–water partition coefficient (Wildman–Crippen LogP) is 8.42. The van der Waals surface area contributed by atoms with E-state index in [0.717, 1.165) is 0 Å². The zero-order valence-corrected chi connectivity index (χ0v) is 22.8. The van der Waals surface area contributed by atoms with Crippen LogP contribution in [0.2, 0.25) is 0 Å². The van der Waals surface area contributed by atoms with Crippen molar-refractivity contribution in [2.45, 2.75) is 79.1 Å². The molecule has 0 amide bonds. The molecule has 2 radical (unpaired) electrons. The van der Waals surface area contributed by atoms with Gasteiger partial charge in [-0.1, -0.05) is 91.8 Å². The third kappa shape index (κ3) is 5.66. The van der Waals surface area contributed by atoms with E-state index in [4.69, 9.17) is 0 Å². The number of rotatable bonds is 6. The molecular weight excluding hydrogens is 561 g/mol. The van der Waals surface area contributed by atoms with Gasteiger partial charge in [0.15, 0.2) is 0 Å². The summed E-state index contributed by atoms with van der Waals surface area (Å²) in [5, 5.41) is 0. The van der Waals surface area contributed by atoms with Crippen LogP contribution in [-0.4, -0.2) is 0 Å². The van der Waals surface area contributed by atoms with E-state index in [1.807, 2.05) is 0 Å². The molecular formula is C28H39AuN2. The van der Waals surface area contributed by atoms with Crippen molar-refractivity contribution in [2.24, 2.45) is 0 Å². The molecule has 3 rings (SSSR count). The molecule has 31 heavy (non-hydrogen) atoms. The molecule has 0 N–H and O–H groups in total. The van der Waals surface area contributed by atoms with Crippen molar-refractivity contribution in [3.05, 3.63) is 85.1 Å². The Morgan fingerprint density at radius 3 is 1.03 bits per heavy atom. The van der Waals surface area contributed by atoms with Crippen molar-refractivity contribution >= 4 is 11.4 Å². The van der Waals surface area contributed by atoms with Crippen LogP contribution in [0.15, 0.2) is 48.8 Å². The average Bonchev–Trinajstić information content (AvgIpc) is 3.15. The number of nitrogens with zero attached hydrogens (tertiary/aromatic N) is 2. The van der Waals surface area contributed by atoms with Gasteiger partial charge in [-0.3, -0.25) is 0 Å². The molecule has 1 aliphatic rings. The maximum absolute atomic E-state index is 3.66. The summed E-state index contributed by atoms with van der Waals surface area (Å²) in [5.74, 6) is 1.84. The summed E-state index contributed by atoms with van der Waals surface area (Å²) >= 11 is 0. The second-order valence-electron chi connectivity index (χ2n) is 9.33. The van der Waals surface area contributed by atoms with Crippen LogP contribution in [0.4, 0.5) is 11.4 Å². The van der Waals surface area contributed by atoms with E-state index in [9.17, 15) is 0 Å². The first kappa shape index (κ1) is 27.6. The van der Waals surface area contributed by atoms with Gasteiger partial charge in [0.05, 0.1) is 11.4 Å². The molecule has 0 atom stereocenters. The standard InChI is InChI=1S/C27H36N2.CH3.Au/c1-18(2)22-11-9-12-23(19(3)4)26(22)28-15-16-29(17-28)27-24(20(5)6)13-10-14-25(27)21(7)8;;/h9-16,18-21H,1-8H3;1H3;/q;-1;+1. The molecule has 0 saturated carbocycles. The van der Waals surface area contributed by atoms with Crippen LogP contribution in [0.3, 0.4) is 0 Å². The first-order chi connectivity index (χ1) is 13.7. The van der Waals surface area contributed by atoms with Gasteiger partial charge < -0.3 is 17.2 Å².